The van der Waals surface area contributed by atoms with Crippen LogP contribution in [0.5, 0.6) is 5.75 Å². The first kappa shape index (κ1) is 35.3. The Hall–Kier alpha value is -2.53. The average molecular weight is 700 g/mol. The maximum absolute atomic E-state index is 14.3. The van der Waals surface area contributed by atoms with Gasteiger partial charge in [0.25, 0.3) is 26.0 Å². The van der Waals surface area contributed by atoms with Gasteiger partial charge in [-0.1, -0.05) is 19.1 Å². The van der Waals surface area contributed by atoms with E-state index in [1.165, 1.54) is 28.4 Å². The number of amides is 1. The monoisotopic (exact) mass is 699 g/mol. The van der Waals surface area contributed by atoms with Crippen molar-refractivity contribution in [3.63, 3.8) is 0 Å². The van der Waals surface area contributed by atoms with Crippen LogP contribution in [0.25, 0.3) is 0 Å². The van der Waals surface area contributed by atoms with Gasteiger partial charge in [-0.2, -0.15) is 4.31 Å². The smallest absolute Gasteiger partial charge is 0.271 e. The molecule has 0 saturated heterocycles. The van der Waals surface area contributed by atoms with Gasteiger partial charge in [-0.3, -0.25) is 9.52 Å². The van der Waals surface area contributed by atoms with Crippen molar-refractivity contribution in [1.29, 1.82) is 0 Å². The number of aliphatic hydroxyl groups is 1. The second-order valence-corrected chi connectivity index (χ2v) is 17.3. The Labute approximate surface area is 273 Å². The summed E-state index contributed by atoms with van der Waals surface area (Å²) in [7, 11) is -6.08. The number of rotatable bonds is 9. The third-order valence-corrected chi connectivity index (χ3v) is 13.6. The molecule has 0 saturated carbocycles. The zero-order valence-electron chi connectivity index (χ0n) is 25.8. The van der Waals surface area contributed by atoms with Crippen molar-refractivity contribution in [3.8, 4) is 5.75 Å². The van der Waals surface area contributed by atoms with Gasteiger partial charge in [-0.25, -0.2) is 16.8 Å². The lowest BCUT2D eigenvalue weighted by molar-refractivity contribution is -0.00832. The first-order valence-corrected chi connectivity index (χ1v) is 19.4. The first-order chi connectivity index (χ1) is 21.3. The molecule has 2 N–H and O–H groups in total. The molecule has 0 aliphatic carbocycles. The van der Waals surface area contributed by atoms with E-state index >= 15 is 0 Å². The molecule has 0 fully saturated rings. The van der Waals surface area contributed by atoms with Crippen molar-refractivity contribution < 1.29 is 36.2 Å². The SMILES string of the molecule is C[C@@H]1CN([C@H](C)CO)C(=O)c2cc(NS(=O)(=O)c3cccs3)ccc2O[C@@H](C)CCCCO[C@H]1CN(C)S(=O)(=O)c1cccs1. The van der Waals surface area contributed by atoms with Crippen molar-refractivity contribution in [1.82, 2.24) is 9.21 Å². The third kappa shape index (κ3) is 8.84. The fraction of sp³-hybridized carbons (Fsp3) is 0.500. The number of benzene rings is 1. The predicted molar refractivity (Wildman–Crippen MR) is 176 cm³/mol. The molecule has 11 nitrogen and oxygen atoms in total. The minimum atomic E-state index is -3.87. The number of hydrogen-bond donors (Lipinski definition) is 2. The Morgan fingerprint density at radius 2 is 1.76 bits per heavy atom. The van der Waals surface area contributed by atoms with Crippen LogP contribution in [0.15, 0.2) is 61.6 Å². The minimum Gasteiger partial charge on any atom is -0.490 e. The number of nitrogens with one attached hydrogen (secondary N) is 1. The van der Waals surface area contributed by atoms with E-state index in [0.29, 0.717) is 18.8 Å². The molecule has 1 aromatic carbocycles. The van der Waals surface area contributed by atoms with Gasteiger partial charge in [0, 0.05) is 38.3 Å². The van der Waals surface area contributed by atoms with E-state index in [1.54, 1.807) is 48.0 Å². The summed E-state index contributed by atoms with van der Waals surface area (Å²) >= 11 is 2.22. The summed E-state index contributed by atoms with van der Waals surface area (Å²) in [5.41, 5.74) is 0.340. The molecule has 3 heterocycles. The van der Waals surface area contributed by atoms with Crippen LogP contribution in [0, 0.1) is 5.92 Å². The highest BCUT2D eigenvalue weighted by Crippen LogP contribution is 2.30. The number of thiophene rings is 2. The van der Waals surface area contributed by atoms with Crippen LogP contribution < -0.4 is 9.46 Å². The van der Waals surface area contributed by atoms with Gasteiger partial charge >= 0.3 is 0 Å². The topological polar surface area (TPSA) is 143 Å². The average Bonchev–Trinajstić information content (AvgIpc) is 3.74. The maximum Gasteiger partial charge on any atom is 0.271 e. The van der Waals surface area contributed by atoms with Gasteiger partial charge in [0.2, 0.25) is 0 Å². The van der Waals surface area contributed by atoms with E-state index in [0.717, 1.165) is 35.5 Å². The molecule has 0 radical (unpaired) electrons. The molecular weight excluding hydrogens is 659 g/mol. The molecule has 0 unspecified atom stereocenters. The van der Waals surface area contributed by atoms with Crippen LogP contribution in [0.3, 0.4) is 0 Å². The summed E-state index contributed by atoms with van der Waals surface area (Å²) in [4.78, 5) is 15.8. The fourth-order valence-electron chi connectivity index (χ4n) is 4.99. The molecule has 0 spiro atoms. The van der Waals surface area contributed by atoms with Crippen molar-refractivity contribution >= 4 is 54.3 Å². The van der Waals surface area contributed by atoms with Crippen LogP contribution in [0.4, 0.5) is 5.69 Å². The molecule has 4 rings (SSSR count). The molecule has 3 aromatic rings. The lowest BCUT2D eigenvalue weighted by Crippen LogP contribution is -2.48. The number of carbonyl (C=O) groups is 1. The van der Waals surface area contributed by atoms with Gasteiger partial charge in [-0.15, -0.1) is 22.7 Å². The number of nitrogens with zero attached hydrogens (tertiary/aromatic N) is 2. The number of carbonyl (C=O) groups excluding carboxylic acids is 1. The standard InChI is InChI=1S/C30H41N3O8S4/c1-21-18-33(22(2)20-34)30(35)25-17-24(31-44(36,37)28-10-7-15-42-28)12-13-26(25)41-23(3)9-5-6-14-40-27(21)19-32(4)45(38,39)29-11-8-16-43-29/h7-8,10-13,15-17,21-23,27,31,34H,5-6,9,14,18-20H2,1-4H3/t21-,22-,23+,27+/m1/s1. The maximum atomic E-state index is 14.3. The highest BCUT2D eigenvalue weighted by molar-refractivity contribution is 7.94. The second-order valence-electron chi connectivity index (χ2n) is 11.3. The third-order valence-electron chi connectivity index (χ3n) is 7.66. The van der Waals surface area contributed by atoms with Crippen LogP contribution in [-0.2, 0) is 24.8 Å². The molecule has 248 valence electrons. The van der Waals surface area contributed by atoms with Gasteiger partial charge in [-0.05, 0) is 74.2 Å². The Kier molecular flexibility index (Phi) is 12.1. The number of fused-ring (bicyclic) bond motifs is 1. The zero-order valence-corrected chi connectivity index (χ0v) is 29.1. The molecule has 2 aromatic heterocycles. The van der Waals surface area contributed by atoms with Gasteiger partial charge in [0.15, 0.2) is 0 Å². The predicted octanol–water partition coefficient (Wildman–Crippen LogP) is 4.73. The highest BCUT2D eigenvalue weighted by atomic mass is 32.3. The lowest BCUT2D eigenvalue weighted by Gasteiger charge is -2.35. The number of aliphatic hydroxyl groups excluding tert-OH is 1. The molecule has 4 atom stereocenters. The molecule has 15 heteroatoms. The van der Waals surface area contributed by atoms with Crippen LogP contribution in [-0.4, -0.2) is 88.7 Å². The van der Waals surface area contributed by atoms with Crippen molar-refractivity contribution in [3.05, 3.63) is 58.8 Å². The molecule has 1 aliphatic rings. The van der Waals surface area contributed by atoms with E-state index < -0.39 is 38.1 Å². The van der Waals surface area contributed by atoms with Gasteiger partial charge < -0.3 is 19.5 Å². The summed E-state index contributed by atoms with van der Waals surface area (Å²) in [6.07, 6.45) is 1.37. The summed E-state index contributed by atoms with van der Waals surface area (Å²) in [6.45, 7) is 5.79. The van der Waals surface area contributed by atoms with Crippen LogP contribution in [0.1, 0.15) is 50.4 Å². The summed E-state index contributed by atoms with van der Waals surface area (Å²) in [5, 5.41) is 13.5. The van der Waals surface area contributed by atoms with Gasteiger partial charge in [0.1, 0.15) is 14.2 Å². The quantitative estimate of drug-likeness (QED) is 0.327. The molecule has 1 amide bonds. The van der Waals surface area contributed by atoms with Crippen LogP contribution in [0.2, 0.25) is 0 Å². The lowest BCUT2D eigenvalue weighted by atomic mass is 10.0. The molecule has 0 bridgehead atoms. The largest absolute Gasteiger partial charge is 0.490 e. The van der Waals surface area contributed by atoms with Gasteiger partial charge in [0.05, 0.1) is 30.4 Å². The van der Waals surface area contributed by atoms with Crippen molar-refractivity contribution in [2.24, 2.45) is 5.92 Å². The number of anilines is 1. The molecular formula is C30H41N3O8S4. The number of sulfonamides is 2. The normalized spacial score (nSPS) is 21.5. The van der Waals surface area contributed by atoms with Crippen LogP contribution >= 0.6 is 22.7 Å². The first-order valence-electron chi connectivity index (χ1n) is 14.7. The Balaban J connectivity index is 1.67. The van der Waals surface area contributed by atoms with E-state index in [-0.39, 0.29) is 51.4 Å². The van der Waals surface area contributed by atoms with E-state index in [4.69, 9.17) is 9.47 Å². The van der Waals surface area contributed by atoms with E-state index in [2.05, 4.69) is 4.72 Å². The number of likely N-dealkylation sites (N-methyl/N-ethyl adjacent to an activating group) is 1. The van der Waals surface area contributed by atoms with E-state index in [1.807, 2.05) is 13.8 Å². The number of hydrogen-bond acceptors (Lipinski definition) is 10. The fourth-order valence-corrected chi connectivity index (χ4v) is 9.41. The van der Waals surface area contributed by atoms with Crippen molar-refractivity contribution in [2.45, 2.75) is 66.7 Å². The Morgan fingerprint density at radius 1 is 1.07 bits per heavy atom. The summed E-state index contributed by atoms with van der Waals surface area (Å²) in [6, 6.07) is 10.4. The summed E-state index contributed by atoms with van der Waals surface area (Å²) in [5.74, 6) is -0.491. The molecule has 45 heavy (non-hydrogen) atoms. The van der Waals surface area contributed by atoms with E-state index in [9.17, 15) is 26.7 Å². The zero-order chi connectivity index (χ0) is 32.8. The highest BCUT2D eigenvalue weighted by Gasteiger charge is 2.33. The Bertz CT molecular complexity index is 1610. The number of ether oxygens (including phenoxy) is 2. The van der Waals surface area contributed by atoms with Crippen molar-refractivity contribution in [2.75, 3.05) is 38.1 Å². The minimum absolute atomic E-state index is 0.0711. The molecule has 1 aliphatic heterocycles. The Morgan fingerprint density at radius 3 is 2.40 bits per heavy atom. The second kappa shape index (κ2) is 15.4. The summed E-state index contributed by atoms with van der Waals surface area (Å²) < 4.78 is 69.0.